The molecule has 0 heterocycles. The zero-order chi connectivity index (χ0) is 19.6. The van der Waals surface area contributed by atoms with Crippen molar-refractivity contribution in [3.05, 3.63) is 65.7 Å². The van der Waals surface area contributed by atoms with Crippen molar-refractivity contribution in [1.82, 2.24) is 0 Å². The maximum atomic E-state index is 12.0. The maximum Gasteiger partial charge on any atom is 0.509 e. The second-order valence-corrected chi connectivity index (χ2v) is 6.34. The Morgan fingerprint density at radius 3 is 2.33 bits per heavy atom. The van der Waals surface area contributed by atoms with Crippen LogP contribution in [0.25, 0.3) is 0 Å². The third kappa shape index (κ3) is 6.75. The Morgan fingerprint density at radius 2 is 1.74 bits per heavy atom. The predicted octanol–water partition coefficient (Wildman–Crippen LogP) is 4.17. The van der Waals surface area contributed by atoms with Crippen molar-refractivity contribution in [3.63, 3.8) is 0 Å². The van der Waals surface area contributed by atoms with Crippen LogP contribution in [0.2, 0.25) is 0 Å². The van der Waals surface area contributed by atoms with E-state index in [2.05, 4.69) is 5.32 Å². The highest BCUT2D eigenvalue weighted by atomic mass is 16.7. The van der Waals surface area contributed by atoms with Crippen LogP contribution in [0.15, 0.2) is 54.6 Å². The minimum absolute atomic E-state index is 0.0204. The lowest BCUT2D eigenvalue weighted by Crippen LogP contribution is -2.29. The summed E-state index contributed by atoms with van der Waals surface area (Å²) in [6, 6.07) is 16.1. The van der Waals surface area contributed by atoms with E-state index in [9.17, 15) is 9.59 Å². The van der Waals surface area contributed by atoms with Gasteiger partial charge in [0.2, 0.25) is 5.91 Å². The number of carbonyl (C=O) groups excluding carboxylic acids is 2. The Labute approximate surface area is 159 Å². The molecule has 0 spiro atoms. The number of hydrogen-bond acceptors (Lipinski definition) is 5. The van der Waals surface area contributed by atoms with Crippen LogP contribution in [0.1, 0.15) is 43.9 Å². The van der Waals surface area contributed by atoms with Crippen LogP contribution in [-0.4, -0.2) is 18.1 Å². The molecule has 0 aliphatic heterocycles. The molecule has 2 aromatic rings. The SMILES string of the molecule is CCCC(=O)Nc1ccc(COC(=O)O[C@@H](c2ccccc2)[C@@H](C)N)cc1. The minimum atomic E-state index is -0.776. The standard InChI is InChI=1S/C21H26N2O4/c1-3-7-19(24)23-18-12-10-16(11-13-18)14-26-21(25)27-20(15(2)22)17-8-5-4-6-9-17/h4-6,8-13,15,20H,3,7,14,22H2,1-2H3,(H,23,24)/t15-,20-/m1/s1. The molecule has 1 amide bonds. The van der Waals surface area contributed by atoms with Gasteiger partial charge in [0.1, 0.15) is 12.7 Å². The van der Waals surface area contributed by atoms with E-state index in [0.717, 1.165) is 17.5 Å². The monoisotopic (exact) mass is 370 g/mol. The summed E-state index contributed by atoms with van der Waals surface area (Å²) in [5, 5.41) is 2.81. The average Bonchev–Trinajstić information content (AvgIpc) is 2.66. The summed E-state index contributed by atoms with van der Waals surface area (Å²) in [5.41, 5.74) is 8.25. The second kappa shape index (κ2) is 10.3. The maximum absolute atomic E-state index is 12.0. The molecule has 144 valence electrons. The lowest BCUT2D eigenvalue weighted by atomic mass is 10.0. The topological polar surface area (TPSA) is 90.6 Å². The number of carbonyl (C=O) groups is 2. The van der Waals surface area contributed by atoms with Gasteiger partial charge in [0.05, 0.1) is 0 Å². The summed E-state index contributed by atoms with van der Waals surface area (Å²) in [6.45, 7) is 3.80. The normalized spacial score (nSPS) is 12.7. The zero-order valence-electron chi connectivity index (χ0n) is 15.7. The lowest BCUT2D eigenvalue weighted by molar-refractivity contribution is -0.116. The van der Waals surface area contributed by atoms with Gasteiger partial charge in [-0.3, -0.25) is 4.79 Å². The molecule has 6 nitrogen and oxygen atoms in total. The summed E-state index contributed by atoms with van der Waals surface area (Å²) in [4.78, 5) is 23.6. The van der Waals surface area contributed by atoms with Crippen LogP contribution in [0, 0.1) is 0 Å². The van der Waals surface area contributed by atoms with Crippen molar-refractivity contribution in [2.45, 2.75) is 45.4 Å². The fourth-order valence-electron chi connectivity index (χ4n) is 2.54. The van der Waals surface area contributed by atoms with Crippen molar-refractivity contribution in [2.24, 2.45) is 5.73 Å². The number of amides is 1. The smallest absolute Gasteiger partial charge is 0.429 e. The first-order chi connectivity index (χ1) is 13.0. The Hall–Kier alpha value is -2.86. The molecule has 0 saturated heterocycles. The van der Waals surface area contributed by atoms with E-state index in [1.165, 1.54) is 0 Å². The van der Waals surface area contributed by atoms with E-state index in [1.54, 1.807) is 31.2 Å². The van der Waals surface area contributed by atoms with Gasteiger partial charge in [-0.05, 0) is 36.6 Å². The van der Waals surface area contributed by atoms with E-state index in [1.807, 2.05) is 37.3 Å². The van der Waals surface area contributed by atoms with Gasteiger partial charge in [-0.25, -0.2) is 4.79 Å². The first-order valence-corrected chi connectivity index (χ1v) is 9.02. The van der Waals surface area contributed by atoms with Gasteiger partial charge in [-0.1, -0.05) is 49.4 Å². The molecule has 0 unspecified atom stereocenters. The zero-order valence-corrected chi connectivity index (χ0v) is 15.7. The summed E-state index contributed by atoms with van der Waals surface area (Å²) in [6.07, 6.45) is -0.0688. The van der Waals surface area contributed by atoms with Crippen molar-refractivity contribution >= 4 is 17.7 Å². The second-order valence-electron chi connectivity index (χ2n) is 6.34. The summed E-state index contributed by atoms with van der Waals surface area (Å²) in [5.74, 6) is -0.0204. The van der Waals surface area contributed by atoms with E-state index >= 15 is 0 Å². The van der Waals surface area contributed by atoms with E-state index in [-0.39, 0.29) is 18.6 Å². The van der Waals surface area contributed by atoms with Gasteiger partial charge in [0.25, 0.3) is 0 Å². The third-order valence-electron chi connectivity index (χ3n) is 3.90. The Balaban J connectivity index is 1.86. The van der Waals surface area contributed by atoms with E-state index < -0.39 is 12.3 Å². The molecule has 0 saturated carbocycles. The molecule has 0 aromatic heterocycles. The van der Waals surface area contributed by atoms with Crippen LogP contribution in [0.3, 0.4) is 0 Å². The molecule has 0 aliphatic rings. The number of ether oxygens (including phenoxy) is 2. The third-order valence-corrected chi connectivity index (χ3v) is 3.90. The lowest BCUT2D eigenvalue weighted by Gasteiger charge is -2.21. The van der Waals surface area contributed by atoms with Gasteiger partial charge in [-0.2, -0.15) is 0 Å². The van der Waals surface area contributed by atoms with E-state index in [0.29, 0.717) is 12.1 Å². The van der Waals surface area contributed by atoms with Crippen LogP contribution in [0.5, 0.6) is 0 Å². The summed E-state index contributed by atoms with van der Waals surface area (Å²) >= 11 is 0. The van der Waals surface area contributed by atoms with Crippen LogP contribution in [0.4, 0.5) is 10.5 Å². The van der Waals surface area contributed by atoms with Crippen LogP contribution in [-0.2, 0) is 20.9 Å². The van der Waals surface area contributed by atoms with Gasteiger partial charge in [0, 0.05) is 18.2 Å². The Kier molecular flexibility index (Phi) is 7.82. The highest BCUT2D eigenvalue weighted by Gasteiger charge is 2.21. The van der Waals surface area contributed by atoms with Crippen molar-refractivity contribution in [3.8, 4) is 0 Å². The molecule has 27 heavy (non-hydrogen) atoms. The Bertz CT molecular complexity index is 730. The number of nitrogens with one attached hydrogen (secondary N) is 1. The fraction of sp³-hybridized carbons (Fsp3) is 0.333. The largest absolute Gasteiger partial charge is 0.509 e. The van der Waals surface area contributed by atoms with Gasteiger partial charge >= 0.3 is 6.16 Å². The van der Waals surface area contributed by atoms with Crippen molar-refractivity contribution < 1.29 is 19.1 Å². The molecule has 0 radical (unpaired) electrons. The molecular weight excluding hydrogens is 344 g/mol. The first kappa shape index (κ1) is 20.5. The summed E-state index contributed by atoms with van der Waals surface area (Å²) in [7, 11) is 0. The van der Waals surface area contributed by atoms with Crippen LogP contribution >= 0.6 is 0 Å². The van der Waals surface area contributed by atoms with Gasteiger partial charge < -0.3 is 20.5 Å². The number of hydrogen-bond donors (Lipinski definition) is 2. The molecule has 0 bridgehead atoms. The average molecular weight is 370 g/mol. The highest BCUT2D eigenvalue weighted by Crippen LogP contribution is 2.21. The number of nitrogens with two attached hydrogens (primary N) is 1. The molecule has 2 atom stereocenters. The highest BCUT2D eigenvalue weighted by molar-refractivity contribution is 5.90. The fourth-order valence-corrected chi connectivity index (χ4v) is 2.54. The molecule has 3 N–H and O–H groups in total. The minimum Gasteiger partial charge on any atom is -0.429 e. The van der Waals surface area contributed by atoms with Crippen molar-refractivity contribution in [1.29, 1.82) is 0 Å². The molecule has 2 aromatic carbocycles. The van der Waals surface area contributed by atoms with Gasteiger partial charge in [-0.15, -0.1) is 0 Å². The molecule has 0 fully saturated rings. The Morgan fingerprint density at radius 1 is 1.07 bits per heavy atom. The molecule has 2 rings (SSSR count). The van der Waals surface area contributed by atoms with E-state index in [4.69, 9.17) is 15.2 Å². The van der Waals surface area contributed by atoms with Crippen LogP contribution < -0.4 is 11.1 Å². The predicted molar refractivity (Wildman–Crippen MR) is 104 cm³/mol. The molecule has 0 aliphatic carbocycles. The van der Waals surface area contributed by atoms with Crippen molar-refractivity contribution in [2.75, 3.05) is 5.32 Å². The first-order valence-electron chi connectivity index (χ1n) is 9.02. The quantitative estimate of drug-likeness (QED) is 0.681. The number of rotatable bonds is 8. The number of benzene rings is 2. The molecule has 6 heteroatoms. The number of anilines is 1. The summed E-state index contributed by atoms with van der Waals surface area (Å²) < 4.78 is 10.6. The molecular formula is C21H26N2O4. The van der Waals surface area contributed by atoms with Gasteiger partial charge in [0.15, 0.2) is 0 Å².